The van der Waals surface area contributed by atoms with Crippen LogP contribution in [0.5, 0.6) is 11.5 Å². The summed E-state index contributed by atoms with van der Waals surface area (Å²) in [4.78, 5) is 11.5. The van der Waals surface area contributed by atoms with Gasteiger partial charge in [0.2, 0.25) is 0 Å². The van der Waals surface area contributed by atoms with E-state index in [2.05, 4.69) is 14.9 Å². The molecule has 1 heterocycles. The minimum absolute atomic E-state index is 0.115. The van der Waals surface area contributed by atoms with Crippen LogP contribution < -0.4 is 9.47 Å². The average Bonchev–Trinajstić information content (AvgIpc) is 3.06. The van der Waals surface area contributed by atoms with Gasteiger partial charge in [-0.3, -0.25) is 5.10 Å². The lowest BCUT2D eigenvalue weighted by molar-refractivity contribution is -0.135. The van der Waals surface area contributed by atoms with E-state index in [4.69, 9.17) is 14.7 Å². The highest BCUT2D eigenvalue weighted by molar-refractivity contribution is 5.98. The fraction of sp³-hybridized carbons (Fsp3) is 0.188. The van der Waals surface area contributed by atoms with Crippen LogP contribution in [-0.4, -0.2) is 37.5 Å². The van der Waals surface area contributed by atoms with Gasteiger partial charge in [-0.1, -0.05) is 0 Å². The second-order valence-electron chi connectivity index (χ2n) is 4.43. The molecule has 7 heteroatoms. The lowest BCUT2D eigenvalue weighted by Crippen LogP contribution is -2.02. The number of methoxy groups -OCH3 is 3. The minimum atomic E-state index is -0.702. The number of hydrogen-bond acceptors (Lipinski definition) is 6. The summed E-state index contributed by atoms with van der Waals surface area (Å²) < 4.78 is 15.0. The van der Waals surface area contributed by atoms with Crippen LogP contribution in [0.15, 0.2) is 30.0 Å². The van der Waals surface area contributed by atoms with Gasteiger partial charge in [0.15, 0.2) is 11.5 Å². The predicted octanol–water partition coefficient (Wildman–Crippen LogP) is 2.17. The highest BCUT2D eigenvalue weighted by Gasteiger charge is 2.14. The molecule has 0 unspecified atom stereocenters. The summed E-state index contributed by atoms with van der Waals surface area (Å²) in [6.45, 7) is 0. The largest absolute Gasteiger partial charge is 0.493 e. The summed E-state index contributed by atoms with van der Waals surface area (Å²) in [6.07, 6.45) is 2.94. The Hall–Kier alpha value is -3.27. The first-order chi connectivity index (χ1) is 11.1. The molecule has 0 saturated carbocycles. The van der Waals surface area contributed by atoms with Crippen LogP contribution in [0, 0.1) is 11.3 Å². The molecule has 2 aromatic rings. The SMILES string of the molecule is COC(=O)/C(C#N)=C\c1cn[nH]c1-c1ccc(OC)c(OC)c1. The molecule has 0 spiro atoms. The summed E-state index contributed by atoms with van der Waals surface area (Å²) in [5, 5.41) is 15.9. The molecular weight excluding hydrogens is 298 g/mol. The highest BCUT2D eigenvalue weighted by atomic mass is 16.5. The molecule has 7 nitrogen and oxygen atoms in total. The number of rotatable bonds is 5. The number of aromatic nitrogens is 2. The molecule has 1 N–H and O–H groups in total. The van der Waals surface area contributed by atoms with Gasteiger partial charge in [-0.15, -0.1) is 0 Å². The lowest BCUT2D eigenvalue weighted by atomic mass is 10.1. The molecule has 0 saturated heterocycles. The molecule has 23 heavy (non-hydrogen) atoms. The van der Waals surface area contributed by atoms with Crippen LogP contribution in [-0.2, 0) is 9.53 Å². The minimum Gasteiger partial charge on any atom is -0.493 e. The molecule has 0 aliphatic heterocycles. The van der Waals surface area contributed by atoms with Gasteiger partial charge in [-0.05, 0) is 24.3 Å². The van der Waals surface area contributed by atoms with Gasteiger partial charge in [0.1, 0.15) is 11.6 Å². The van der Waals surface area contributed by atoms with Gasteiger partial charge >= 0.3 is 5.97 Å². The van der Waals surface area contributed by atoms with Gasteiger partial charge < -0.3 is 14.2 Å². The maximum atomic E-state index is 11.5. The van der Waals surface area contributed by atoms with E-state index in [0.29, 0.717) is 22.8 Å². The van der Waals surface area contributed by atoms with Crippen molar-refractivity contribution >= 4 is 12.0 Å². The maximum absolute atomic E-state index is 11.5. The number of nitrogens with zero attached hydrogens (tertiary/aromatic N) is 2. The number of carbonyl (C=O) groups excluding carboxylic acids is 1. The van der Waals surface area contributed by atoms with Crippen LogP contribution in [0.4, 0.5) is 0 Å². The van der Waals surface area contributed by atoms with Gasteiger partial charge in [0.25, 0.3) is 0 Å². The third-order valence-corrected chi connectivity index (χ3v) is 3.17. The van der Waals surface area contributed by atoms with E-state index >= 15 is 0 Å². The maximum Gasteiger partial charge on any atom is 0.348 e. The van der Waals surface area contributed by atoms with Crippen molar-refractivity contribution in [1.29, 1.82) is 5.26 Å². The zero-order valence-electron chi connectivity index (χ0n) is 12.9. The van der Waals surface area contributed by atoms with Crippen LogP contribution in [0.1, 0.15) is 5.56 Å². The Balaban J connectivity index is 2.48. The Bertz CT molecular complexity index is 787. The molecule has 0 atom stereocenters. The topological polar surface area (TPSA) is 97.2 Å². The second-order valence-corrected chi connectivity index (χ2v) is 4.43. The van der Waals surface area contributed by atoms with E-state index in [1.54, 1.807) is 26.4 Å². The van der Waals surface area contributed by atoms with Crippen LogP contribution in [0.25, 0.3) is 17.3 Å². The number of hydrogen-bond donors (Lipinski definition) is 1. The van der Waals surface area contributed by atoms with Crippen LogP contribution >= 0.6 is 0 Å². The van der Waals surface area contributed by atoms with E-state index < -0.39 is 5.97 Å². The van der Waals surface area contributed by atoms with Crippen molar-refractivity contribution in [1.82, 2.24) is 10.2 Å². The molecule has 0 aliphatic rings. The van der Waals surface area contributed by atoms with Gasteiger partial charge in [-0.25, -0.2) is 4.79 Å². The fourth-order valence-electron chi connectivity index (χ4n) is 2.03. The zero-order valence-corrected chi connectivity index (χ0v) is 12.9. The summed E-state index contributed by atoms with van der Waals surface area (Å²) in [5.74, 6) is 0.454. The zero-order chi connectivity index (χ0) is 16.8. The number of carbonyl (C=O) groups is 1. The molecule has 118 valence electrons. The first-order valence-corrected chi connectivity index (χ1v) is 6.60. The number of ether oxygens (including phenoxy) is 3. The Morgan fingerprint density at radius 3 is 2.61 bits per heavy atom. The van der Waals surface area contributed by atoms with Crippen molar-refractivity contribution in [3.63, 3.8) is 0 Å². The van der Waals surface area contributed by atoms with Crippen LogP contribution in [0.3, 0.4) is 0 Å². The van der Waals surface area contributed by atoms with Gasteiger partial charge in [0, 0.05) is 11.1 Å². The number of aromatic amines is 1. The standard InChI is InChI=1S/C16H15N3O4/c1-21-13-5-4-10(7-14(13)22-2)15-12(9-18-19-15)6-11(8-17)16(20)23-3/h4-7,9H,1-3H3,(H,18,19)/b11-6-. The van der Waals surface area contributed by atoms with Crippen molar-refractivity contribution in [2.24, 2.45) is 0 Å². The van der Waals surface area contributed by atoms with E-state index in [1.165, 1.54) is 19.4 Å². The normalized spacial score (nSPS) is 10.8. The molecule has 1 aromatic carbocycles. The quantitative estimate of drug-likeness (QED) is 0.516. The number of H-pyrrole nitrogens is 1. The van der Waals surface area contributed by atoms with E-state index in [1.807, 2.05) is 12.1 Å². The molecule has 0 fully saturated rings. The molecule has 0 bridgehead atoms. The summed E-state index contributed by atoms with van der Waals surface area (Å²) in [7, 11) is 4.32. The predicted molar refractivity (Wildman–Crippen MR) is 82.7 cm³/mol. The first kappa shape index (κ1) is 16.1. The monoisotopic (exact) mass is 313 g/mol. The lowest BCUT2D eigenvalue weighted by Gasteiger charge is -2.09. The Kier molecular flexibility index (Phi) is 5.00. The molecular formula is C16H15N3O4. The number of esters is 1. The van der Waals surface area contributed by atoms with E-state index in [0.717, 1.165) is 5.56 Å². The first-order valence-electron chi connectivity index (χ1n) is 6.60. The third-order valence-electron chi connectivity index (χ3n) is 3.17. The number of nitriles is 1. The Morgan fingerprint density at radius 1 is 1.26 bits per heavy atom. The summed E-state index contributed by atoms with van der Waals surface area (Å²) in [6, 6.07) is 7.16. The number of nitrogens with one attached hydrogen (secondary N) is 1. The van der Waals surface area contributed by atoms with Crippen molar-refractivity contribution in [3.05, 3.63) is 35.5 Å². The molecule has 0 aliphatic carbocycles. The third kappa shape index (κ3) is 3.32. The van der Waals surface area contributed by atoms with Crippen molar-refractivity contribution in [2.45, 2.75) is 0 Å². The Morgan fingerprint density at radius 2 is 2.00 bits per heavy atom. The van der Waals surface area contributed by atoms with Crippen molar-refractivity contribution in [2.75, 3.05) is 21.3 Å². The fourth-order valence-corrected chi connectivity index (χ4v) is 2.03. The molecule has 0 amide bonds. The van der Waals surface area contributed by atoms with E-state index in [-0.39, 0.29) is 5.57 Å². The number of benzene rings is 1. The van der Waals surface area contributed by atoms with Crippen molar-refractivity contribution in [3.8, 4) is 28.8 Å². The second kappa shape index (κ2) is 7.13. The summed E-state index contributed by atoms with van der Waals surface area (Å²) >= 11 is 0. The average molecular weight is 313 g/mol. The van der Waals surface area contributed by atoms with Gasteiger partial charge in [0.05, 0.1) is 33.2 Å². The van der Waals surface area contributed by atoms with E-state index in [9.17, 15) is 4.79 Å². The smallest absolute Gasteiger partial charge is 0.348 e. The van der Waals surface area contributed by atoms with Crippen molar-refractivity contribution < 1.29 is 19.0 Å². The summed E-state index contributed by atoms with van der Waals surface area (Å²) in [5.41, 5.74) is 1.88. The molecule has 0 radical (unpaired) electrons. The highest BCUT2D eigenvalue weighted by Crippen LogP contribution is 2.33. The Labute approximate surface area is 133 Å². The molecule has 1 aromatic heterocycles. The molecule has 2 rings (SSSR count). The van der Waals surface area contributed by atoms with Crippen LogP contribution in [0.2, 0.25) is 0 Å². The van der Waals surface area contributed by atoms with Gasteiger partial charge in [-0.2, -0.15) is 10.4 Å².